The zero-order valence-corrected chi connectivity index (χ0v) is 14.8. The number of aromatic nitrogens is 2. The number of nitrogens with one attached hydrogen (secondary N) is 1. The van der Waals surface area contributed by atoms with Crippen molar-refractivity contribution in [1.82, 2.24) is 14.9 Å². The lowest BCUT2D eigenvalue weighted by Crippen LogP contribution is -2.38. The van der Waals surface area contributed by atoms with Crippen molar-refractivity contribution in [1.29, 1.82) is 0 Å². The zero-order chi connectivity index (χ0) is 17.8. The summed E-state index contributed by atoms with van der Waals surface area (Å²) in [5.41, 5.74) is 6.64. The fraction of sp³-hybridized carbons (Fsp3) is 0.412. The summed E-state index contributed by atoms with van der Waals surface area (Å²) in [6, 6.07) is 5.37. The summed E-state index contributed by atoms with van der Waals surface area (Å²) < 4.78 is 18.7. The monoisotopic (exact) mass is 365 g/mol. The third-order valence-electron chi connectivity index (χ3n) is 4.37. The molecule has 0 radical (unpaired) electrons. The number of likely N-dealkylation sites (tertiary alicyclic amines) is 1. The minimum atomic E-state index is -0.326. The number of benzene rings is 1. The van der Waals surface area contributed by atoms with E-state index in [2.05, 4.69) is 20.2 Å². The van der Waals surface area contributed by atoms with E-state index in [1.54, 1.807) is 6.07 Å². The molecule has 2 heterocycles. The van der Waals surface area contributed by atoms with E-state index in [1.807, 2.05) is 6.07 Å². The first-order chi connectivity index (χ1) is 12.1. The van der Waals surface area contributed by atoms with Crippen LogP contribution in [0.5, 0.6) is 5.75 Å². The Hall–Kier alpha value is -2.12. The molecule has 0 bridgehead atoms. The highest BCUT2D eigenvalue weighted by Crippen LogP contribution is 2.26. The van der Waals surface area contributed by atoms with Crippen LogP contribution >= 0.6 is 11.6 Å². The third kappa shape index (κ3) is 4.29. The number of methoxy groups -OCH3 is 1. The molecular weight excluding hydrogens is 345 g/mol. The molecular formula is C17H21ClFN5O. The molecule has 1 aromatic carbocycles. The van der Waals surface area contributed by atoms with Gasteiger partial charge in [0.25, 0.3) is 0 Å². The van der Waals surface area contributed by atoms with Crippen LogP contribution in [0, 0.1) is 5.82 Å². The Bertz CT molecular complexity index is 737. The molecule has 25 heavy (non-hydrogen) atoms. The average Bonchev–Trinajstić information content (AvgIpc) is 2.61. The van der Waals surface area contributed by atoms with E-state index < -0.39 is 0 Å². The van der Waals surface area contributed by atoms with Crippen molar-refractivity contribution in [2.75, 3.05) is 31.2 Å². The highest BCUT2D eigenvalue weighted by molar-refractivity contribution is 6.35. The first kappa shape index (κ1) is 17.7. The summed E-state index contributed by atoms with van der Waals surface area (Å²) in [7, 11) is 1.47. The van der Waals surface area contributed by atoms with E-state index in [0.29, 0.717) is 10.8 Å². The van der Waals surface area contributed by atoms with Crippen LogP contribution in [0.4, 0.5) is 16.0 Å². The number of halogens is 2. The molecule has 0 spiro atoms. The van der Waals surface area contributed by atoms with Crippen molar-refractivity contribution in [2.45, 2.75) is 25.4 Å². The molecule has 0 unspecified atom stereocenters. The number of rotatable bonds is 5. The van der Waals surface area contributed by atoms with Crippen LogP contribution in [0.2, 0.25) is 5.02 Å². The molecule has 2 aromatic rings. The van der Waals surface area contributed by atoms with Gasteiger partial charge in [0, 0.05) is 25.7 Å². The quantitative estimate of drug-likeness (QED) is 0.848. The Kier molecular flexibility index (Phi) is 5.55. The highest BCUT2D eigenvalue weighted by atomic mass is 35.5. The molecule has 1 aliphatic rings. The number of hydrogen-bond donors (Lipinski definition) is 2. The molecule has 1 aliphatic heterocycles. The van der Waals surface area contributed by atoms with Gasteiger partial charge in [-0.25, -0.2) is 14.4 Å². The van der Waals surface area contributed by atoms with Crippen molar-refractivity contribution >= 4 is 23.2 Å². The first-order valence-electron chi connectivity index (χ1n) is 8.14. The largest absolute Gasteiger partial charge is 0.494 e. The lowest BCUT2D eigenvalue weighted by atomic mass is 10.0. The lowest BCUT2D eigenvalue weighted by molar-refractivity contribution is 0.211. The second kappa shape index (κ2) is 7.84. The Morgan fingerprint density at radius 1 is 1.36 bits per heavy atom. The van der Waals surface area contributed by atoms with Gasteiger partial charge in [0.1, 0.15) is 17.2 Å². The molecule has 8 heteroatoms. The van der Waals surface area contributed by atoms with E-state index >= 15 is 0 Å². The summed E-state index contributed by atoms with van der Waals surface area (Å²) in [6.45, 7) is 2.53. The normalized spacial score (nSPS) is 16.0. The molecule has 134 valence electrons. The first-order valence-corrected chi connectivity index (χ1v) is 8.52. The predicted octanol–water partition coefficient (Wildman–Crippen LogP) is 2.94. The minimum Gasteiger partial charge on any atom is -0.494 e. The summed E-state index contributed by atoms with van der Waals surface area (Å²) >= 11 is 6.12. The summed E-state index contributed by atoms with van der Waals surface area (Å²) in [5.74, 6) is 0.795. The number of nitrogens with zero attached hydrogens (tertiary/aromatic N) is 3. The van der Waals surface area contributed by atoms with E-state index in [0.717, 1.165) is 38.0 Å². The molecule has 0 amide bonds. The number of ether oxygens (including phenoxy) is 1. The maximum Gasteiger partial charge on any atom is 0.165 e. The smallest absolute Gasteiger partial charge is 0.165 e. The van der Waals surface area contributed by atoms with Gasteiger partial charge in [-0.1, -0.05) is 17.7 Å². The average molecular weight is 366 g/mol. The molecule has 3 N–H and O–H groups in total. The molecule has 6 nitrogen and oxygen atoms in total. The molecule has 1 saturated heterocycles. The Morgan fingerprint density at radius 3 is 2.80 bits per heavy atom. The van der Waals surface area contributed by atoms with Crippen LogP contribution in [-0.4, -0.2) is 41.1 Å². The number of anilines is 2. The summed E-state index contributed by atoms with van der Waals surface area (Å²) in [6.07, 6.45) is 3.29. The van der Waals surface area contributed by atoms with Crippen LogP contribution in [0.1, 0.15) is 18.4 Å². The Labute approximate surface area is 151 Å². The van der Waals surface area contributed by atoms with Crippen LogP contribution in [0.25, 0.3) is 0 Å². The molecule has 3 rings (SSSR count). The fourth-order valence-corrected chi connectivity index (χ4v) is 3.13. The van der Waals surface area contributed by atoms with Crippen LogP contribution in [0.3, 0.4) is 0 Å². The van der Waals surface area contributed by atoms with Crippen LogP contribution in [0.15, 0.2) is 24.5 Å². The second-order valence-corrected chi connectivity index (χ2v) is 6.46. The van der Waals surface area contributed by atoms with Crippen LogP contribution in [-0.2, 0) is 6.54 Å². The van der Waals surface area contributed by atoms with E-state index in [9.17, 15) is 4.39 Å². The van der Waals surface area contributed by atoms with Gasteiger partial charge in [0.05, 0.1) is 7.11 Å². The number of hydrogen-bond acceptors (Lipinski definition) is 6. The van der Waals surface area contributed by atoms with Crippen molar-refractivity contribution in [2.24, 2.45) is 0 Å². The van der Waals surface area contributed by atoms with Crippen LogP contribution < -0.4 is 15.8 Å². The SMILES string of the molecule is COc1ccc(CN2CCC(Nc3ncnc(N)c3Cl)CC2)cc1F. The lowest BCUT2D eigenvalue weighted by Gasteiger charge is -2.32. The number of nitrogens with two attached hydrogens (primary N) is 1. The fourth-order valence-electron chi connectivity index (χ4n) is 2.98. The van der Waals surface area contributed by atoms with Crippen molar-refractivity contribution in [3.8, 4) is 5.75 Å². The van der Waals surface area contributed by atoms with Gasteiger partial charge < -0.3 is 15.8 Å². The second-order valence-electron chi connectivity index (χ2n) is 6.09. The van der Waals surface area contributed by atoms with E-state index in [-0.39, 0.29) is 23.4 Å². The molecule has 0 saturated carbocycles. The molecule has 0 aliphatic carbocycles. The summed E-state index contributed by atoms with van der Waals surface area (Å²) in [5, 5.41) is 3.69. The summed E-state index contributed by atoms with van der Waals surface area (Å²) in [4.78, 5) is 10.3. The molecule has 0 atom stereocenters. The topological polar surface area (TPSA) is 76.3 Å². The standard InChI is InChI=1S/C17H21ClFN5O/c1-25-14-3-2-11(8-13(14)19)9-24-6-4-12(5-7-24)23-17-15(18)16(20)21-10-22-17/h2-3,8,10,12H,4-7,9H2,1H3,(H3,20,21,22,23). The van der Waals surface area contributed by atoms with Crippen molar-refractivity contribution in [3.05, 3.63) is 40.9 Å². The van der Waals surface area contributed by atoms with Gasteiger partial charge in [0.2, 0.25) is 0 Å². The Morgan fingerprint density at radius 2 is 2.12 bits per heavy atom. The zero-order valence-electron chi connectivity index (χ0n) is 14.0. The van der Waals surface area contributed by atoms with Gasteiger partial charge in [-0.2, -0.15) is 0 Å². The van der Waals surface area contributed by atoms with E-state index in [1.165, 1.54) is 19.5 Å². The molecule has 1 fully saturated rings. The van der Waals surface area contributed by atoms with Gasteiger partial charge in [0.15, 0.2) is 17.4 Å². The van der Waals surface area contributed by atoms with Crippen molar-refractivity contribution in [3.63, 3.8) is 0 Å². The van der Waals surface area contributed by atoms with Crippen molar-refractivity contribution < 1.29 is 9.13 Å². The predicted molar refractivity (Wildman–Crippen MR) is 96.3 cm³/mol. The Balaban J connectivity index is 1.53. The van der Waals surface area contributed by atoms with E-state index in [4.69, 9.17) is 22.1 Å². The van der Waals surface area contributed by atoms with Gasteiger partial charge in [-0.15, -0.1) is 0 Å². The minimum absolute atomic E-state index is 0.271. The highest BCUT2D eigenvalue weighted by Gasteiger charge is 2.21. The maximum absolute atomic E-state index is 13.8. The number of piperidine rings is 1. The third-order valence-corrected chi connectivity index (χ3v) is 4.74. The maximum atomic E-state index is 13.8. The molecule has 1 aromatic heterocycles. The van der Waals surface area contributed by atoms with Gasteiger partial charge in [-0.05, 0) is 30.5 Å². The van der Waals surface area contributed by atoms with Gasteiger partial charge in [-0.3, -0.25) is 4.90 Å². The number of nitrogen functional groups attached to an aromatic ring is 1. The van der Waals surface area contributed by atoms with Gasteiger partial charge >= 0.3 is 0 Å².